The number of fused-ring (bicyclic) bond motifs is 2. The van der Waals surface area contributed by atoms with Crippen molar-refractivity contribution >= 4 is 29.0 Å². The second kappa shape index (κ2) is 6.17. The molecule has 0 saturated carbocycles. The monoisotopic (exact) mass is 375 g/mol. The topological polar surface area (TPSA) is 20.3 Å². The Kier molecular flexibility index (Phi) is 3.96. The van der Waals surface area contributed by atoms with E-state index < -0.39 is 34.7 Å². The van der Waals surface area contributed by atoms with Crippen LogP contribution in [0.5, 0.6) is 0 Å². The van der Waals surface area contributed by atoms with Crippen LogP contribution in [0.4, 0.5) is 28.9 Å². The quantitative estimate of drug-likeness (QED) is 0.310. The zero-order valence-electron chi connectivity index (χ0n) is 13.0. The highest BCUT2D eigenvalue weighted by Gasteiger charge is 2.32. The van der Waals surface area contributed by atoms with E-state index in [-0.39, 0.29) is 0 Å². The molecule has 1 heterocycles. The van der Waals surface area contributed by atoms with E-state index in [2.05, 4.69) is 0 Å². The van der Waals surface area contributed by atoms with Gasteiger partial charge in [-0.05, 0) is 30.3 Å². The van der Waals surface area contributed by atoms with Gasteiger partial charge in [-0.25, -0.2) is 17.6 Å². The van der Waals surface area contributed by atoms with Crippen LogP contribution >= 0.6 is 11.8 Å². The number of para-hydroxylation sites is 2. The molecule has 1 amide bonds. The van der Waals surface area contributed by atoms with Crippen molar-refractivity contribution in [3.05, 3.63) is 83.4 Å². The number of halogens is 4. The summed E-state index contributed by atoms with van der Waals surface area (Å²) in [5, 5.41) is 0. The first kappa shape index (κ1) is 16.7. The van der Waals surface area contributed by atoms with E-state index in [1.165, 1.54) is 16.7 Å². The van der Waals surface area contributed by atoms with Crippen molar-refractivity contribution in [2.75, 3.05) is 4.90 Å². The van der Waals surface area contributed by atoms with Crippen LogP contribution in [0.3, 0.4) is 0 Å². The first-order chi connectivity index (χ1) is 12.5. The van der Waals surface area contributed by atoms with Crippen molar-refractivity contribution in [1.82, 2.24) is 0 Å². The minimum Gasteiger partial charge on any atom is -0.275 e. The van der Waals surface area contributed by atoms with Crippen molar-refractivity contribution in [3.8, 4) is 0 Å². The zero-order chi connectivity index (χ0) is 18.4. The van der Waals surface area contributed by atoms with Gasteiger partial charge in [-0.3, -0.25) is 9.69 Å². The molecule has 3 aromatic rings. The highest BCUT2D eigenvalue weighted by molar-refractivity contribution is 7.99. The van der Waals surface area contributed by atoms with Crippen LogP contribution in [0.2, 0.25) is 0 Å². The van der Waals surface area contributed by atoms with E-state index >= 15 is 0 Å². The van der Waals surface area contributed by atoms with E-state index in [0.717, 1.165) is 9.79 Å². The lowest BCUT2D eigenvalue weighted by molar-refractivity contribution is 0.0992. The summed E-state index contributed by atoms with van der Waals surface area (Å²) in [5.41, 5.74) is 0.0226. The highest BCUT2D eigenvalue weighted by atomic mass is 32.2. The third kappa shape index (κ3) is 2.47. The predicted molar refractivity (Wildman–Crippen MR) is 89.8 cm³/mol. The smallest absolute Gasteiger partial charge is 0.266 e. The average molecular weight is 375 g/mol. The minimum absolute atomic E-state index is 0.378. The normalized spacial score (nSPS) is 12.5. The Hall–Kier alpha value is -2.80. The molecule has 1 aliphatic rings. The van der Waals surface area contributed by atoms with Crippen molar-refractivity contribution in [1.29, 1.82) is 0 Å². The summed E-state index contributed by atoms with van der Waals surface area (Å²) in [4.78, 5) is 15.6. The number of nitrogens with zero attached hydrogens (tertiary/aromatic N) is 1. The molecule has 26 heavy (non-hydrogen) atoms. The molecule has 7 heteroatoms. The maximum absolute atomic E-state index is 14.2. The molecule has 130 valence electrons. The minimum atomic E-state index is -2.01. The third-order valence-electron chi connectivity index (χ3n) is 3.97. The van der Waals surface area contributed by atoms with Gasteiger partial charge in [0.15, 0.2) is 23.3 Å². The van der Waals surface area contributed by atoms with Crippen molar-refractivity contribution in [2.24, 2.45) is 0 Å². The van der Waals surface area contributed by atoms with E-state index in [4.69, 9.17) is 0 Å². The van der Waals surface area contributed by atoms with Gasteiger partial charge in [0.2, 0.25) is 0 Å². The first-order valence-electron chi connectivity index (χ1n) is 7.52. The number of hydrogen-bond donors (Lipinski definition) is 0. The lowest BCUT2D eigenvalue weighted by Gasteiger charge is -2.31. The van der Waals surface area contributed by atoms with Gasteiger partial charge >= 0.3 is 0 Å². The van der Waals surface area contributed by atoms with Gasteiger partial charge < -0.3 is 0 Å². The number of anilines is 2. The van der Waals surface area contributed by atoms with E-state index in [9.17, 15) is 22.4 Å². The summed E-state index contributed by atoms with van der Waals surface area (Å²) in [6, 6.07) is 14.2. The van der Waals surface area contributed by atoms with Gasteiger partial charge in [0.1, 0.15) is 0 Å². The largest absolute Gasteiger partial charge is 0.275 e. The van der Waals surface area contributed by atoms with Crippen LogP contribution in [0.1, 0.15) is 10.4 Å². The summed E-state index contributed by atoms with van der Waals surface area (Å²) in [6.45, 7) is 0. The SMILES string of the molecule is O=C(c1cc(F)c(F)c(F)c1F)N1c2ccccc2Sc2ccccc21. The summed E-state index contributed by atoms with van der Waals surface area (Å²) >= 11 is 1.42. The Morgan fingerprint density at radius 3 is 1.88 bits per heavy atom. The second-order valence-corrected chi connectivity index (χ2v) is 6.61. The molecule has 1 aliphatic heterocycles. The van der Waals surface area contributed by atoms with Crippen molar-refractivity contribution < 1.29 is 22.4 Å². The van der Waals surface area contributed by atoms with Crippen LogP contribution < -0.4 is 4.90 Å². The molecule has 0 fully saturated rings. The zero-order valence-corrected chi connectivity index (χ0v) is 13.8. The number of carbonyl (C=O) groups is 1. The van der Waals surface area contributed by atoms with Crippen LogP contribution in [-0.2, 0) is 0 Å². The number of rotatable bonds is 1. The Labute approximate surface area is 150 Å². The molecule has 3 aromatic carbocycles. The fraction of sp³-hybridized carbons (Fsp3) is 0. The number of carbonyl (C=O) groups excluding carboxylic acids is 1. The molecule has 0 saturated heterocycles. The van der Waals surface area contributed by atoms with Crippen LogP contribution in [0.15, 0.2) is 64.4 Å². The number of hydrogen-bond acceptors (Lipinski definition) is 2. The molecule has 0 aliphatic carbocycles. The molecule has 0 radical (unpaired) electrons. The maximum atomic E-state index is 14.2. The predicted octanol–water partition coefficient (Wildman–Crippen LogP) is 5.69. The number of benzene rings is 3. The van der Waals surface area contributed by atoms with Crippen LogP contribution in [-0.4, -0.2) is 5.91 Å². The second-order valence-electron chi connectivity index (χ2n) is 5.53. The van der Waals surface area contributed by atoms with Gasteiger partial charge in [-0.2, -0.15) is 0 Å². The fourth-order valence-corrected chi connectivity index (χ4v) is 3.83. The molecule has 0 unspecified atom stereocenters. The van der Waals surface area contributed by atoms with Gasteiger partial charge in [0, 0.05) is 9.79 Å². The Morgan fingerprint density at radius 2 is 1.31 bits per heavy atom. The Bertz CT molecular complexity index is 1010. The van der Waals surface area contributed by atoms with Crippen molar-refractivity contribution in [3.63, 3.8) is 0 Å². The van der Waals surface area contributed by atoms with Crippen LogP contribution in [0.25, 0.3) is 0 Å². The Balaban J connectivity index is 1.93. The lowest BCUT2D eigenvalue weighted by Crippen LogP contribution is -2.29. The summed E-state index contributed by atoms with van der Waals surface area (Å²) < 4.78 is 54.6. The first-order valence-corrected chi connectivity index (χ1v) is 8.34. The summed E-state index contributed by atoms with van der Waals surface area (Å²) in [7, 11) is 0. The van der Waals surface area contributed by atoms with Gasteiger partial charge in [-0.1, -0.05) is 36.0 Å². The standard InChI is InChI=1S/C19H9F4NOS/c20-11-9-10(16(21)18(23)17(11)22)19(25)24-12-5-1-3-7-14(12)26-15-8-4-2-6-13(15)24/h1-9H. The Morgan fingerprint density at radius 1 is 0.769 bits per heavy atom. The molecule has 2 nitrogen and oxygen atoms in total. The van der Waals surface area contributed by atoms with E-state index in [0.29, 0.717) is 17.4 Å². The maximum Gasteiger partial charge on any atom is 0.266 e. The molecular formula is C19H9F4NOS. The summed E-state index contributed by atoms with van der Waals surface area (Å²) in [6.07, 6.45) is 0. The van der Waals surface area contributed by atoms with E-state index in [1.807, 2.05) is 0 Å². The lowest BCUT2D eigenvalue weighted by atomic mass is 10.1. The molecule has 0 atom stereocenters. The molecular weight excluding hydrogens is 366 g/mol. The summed E-state index contributed by atoms with van der Waals surface area (Å²) in [5.74, 6) is -8.29. The molecule has 4 rings (SSSR count). The average Bonchev–Trinajstić information content (AvgIpc) is 2.66. The molecule has 0 aromatic heterocycles. The number of amides is 1. The van der Waals surface area contributed by atoms with E-state index in [1.54, 1.807) is 48.5 Å². The van der Waals surface area contributed by atoms with Gasteiger partial charge in [0.25, 0.3) is 5.91 Å². The molecule has 0 spiro atoms. The fourth-order valence-electron chi connectivity index (χ4n) is 2.77. The van der Waals surface area contributed by atoms with Crippen LogP contribution in [0, 0.1) is 23.3 Å². The highest BCUT2D eigenvalue weighted by Crippen LogP contribution is 2.48. The van der Waals surface area contributed by atoms with Gasteiger partial charge in [0.05, 0.1) is 16.9 Å². The van der Waals surface area contributed by atoms with Crippen molar-refractivity contribution in [2.45, 2.75) is 9.79 Å². The third-order valence-corrected chi connectivity index (χ3v) is 5.10. The molecule has 0 bridgehead atoms. The van der Waals surface area contributed by atoms with Gasteiger partial charge in [-0.15, -0.1) is 0 Å². The molecule has 0 N–H and O–H groups in total.